The van der Waals surface area contributed by atoms with Gasteiger partial charge in [-0.2, -0.15) is 5.10 Å². The molecule has 0 aliphatic heterocycles. The van der Waals surface area contributed by atoms with Gasteiger partial charge in [0.25, 0.3) is 0 Å². The van der Waals surface area contributed by atoms with Crippen LogP contribution in [0, 0.1) is 5.82 Å². The van der Waals surface area contributed by atoms with Gasteiger partial charge in [-0.25, -0.2) is 9.18 Å². The second-order valence-electron chi connectivity index (χ2n) is 4.50. The Labute approximate surface area is 130 Å². The van der Waals surface area contributed by atoms with Gasteiger partial charge in [-0.3, -0.25) is 4.68 Å². The molecule has 0 bridgehead atoms. The number of rotatable bonds is 4. The summed E-state index contributed by atoms with van der Waals surface area (Å²) in [4.78, 5) is 11.9. The Kier molecular flexibility index (Phi) is 4.62. The first kappa shape index (κ1) is 15.5. The fraction of sp³-hybridized carbons (Fsp3) is 0.286. The van der Waals surface area contributed by atoms with Gasteiger partial charge in [-0.05, 0) is 40.5 Å². The second kappa shape index (κ2) is 6.26. The van der Waals surface area contributed by atoms with E-state index in [0.717, 1.165) is 28.3 Å². The van der Waals surface area contributed by atoms with Crippen molar-refractivity contribution in [3.05, 3.63) is 45.4 Å². The van der Waals surface area contributed by atoms with Crippen molar-refractivity contribution in [2.45, 2.75) is 20.0 Å². The molecule has 2 rings (SSSR count). The molecule has 1 aromatic carbocycles. The molecule has 0 saturated carbocycles. The molecule has 112 valence electrons. The number of nitrogens with zero attached hydrogens (tertiary/aromatic N) is 2. The number of aromatic nitrogens is 2. The van der Waals surface area contributed by atoms with Gasteiger partial charge in [0.2, 0.25) is 0 Å². The molecule has 1 aromatic heterocycles. The zero-order valence-corrected chi connectivity index (χ0v) is 13.3. The average molecular weight is 356 g/mol. The summed E-state index contributed by atoms with van der Waals surface area (Å²) in [5, 5.41) is 4.31. The van der Waals surface area contributed by atoms with Crippen molar-refractivity contribution in [2.24, 2.45) is 7.05 Å². The molecule has 21 heavy (non-hydrogen) atoms. The minimum absolute atomic E-state index is 0.0696. The molecule has 0 saturated heterocycles. The van der Waals surface area contributed by atoms with E-state index in [-0.39, 0.29) is 17.9 Å². The zero-order chi connectivity index (χ0) is 15.6. The van der Waals surface area contributed by atoms with Crippen LogP contribution in [0.15, 0.2) is 22.7 Å². The van der Waals surface area contributed by atoms with E-state index in [1.165, 1.54) is 12.1 Å². The molecular weight excluding hydrogens is 341 g/mol. The van der Waals surface area contributed by atoms with Gasteiger partial charge in [0.15, 0.2) is 0 Å². The molecular formula is C14H15BrFN3O2. The predicted molar refractivity (Wildman–Crippen MR) is 80.2 cm³/mol. The highest BCUT2D eigenvalue weighted by Crippen LogP contribution is 2.22. The van der Waals surface area contributed by atoms with Crippen LogP contribution < -0.4 is 5.73 Å². The summed E-state index contributed by atoms with van der Waals surface area (Å²) >= 11 is 3.45. The Balaban J connectivity index is 2.11. The van der Waals surface area contributed by atoms with Crippen LogP contribution >= 0.6 is 15.9 Å². The summed E-state index contributed by atoms with van der Waals surface area (Å²) in [6, 6.07) is 3.73. The highest BCUT2D eigenvalue weighted by molar-refractivity contribution is 9.10. The van der Waals surface area contributed by atoms with Crippen molar-refractivity contribution in [3.8, 4) is 0 Å². The van der Waals surface area contributed by atoms with Gasteiger partial charge in [-0.15, -0.1) is 0 Å². The molecule has 0 atom stereocenters. The van der Waals surface area contributed by atoms with Gasteiger partial charge in [0, 0.05) is 7.05 Å². The smallest absolute Gasteiger partial charge is 0.338 e. The number of carbonyl (C=O) groups is 1. The van der Waals surface area contributed by atoms with Crippen LogP contribution in [0.4, 0.5) is 10.1 Å². The summed E-state index contributed by atoms with van der Waals surface area (Å²) in [6.45, 7) is 2.06. The number of hydrogen-bond donors (Lipinski definition) is 1. The first-order valence-electron chi connectivity index (χ1n) is 6.36. The molecule has 0 fully saturated rings. The van der Waals surface area contributed by atoms with Crippen LogP contribution in [0.5, 0.6) is 0 Å². The summed E-state index contributed by atoms with van der Waals surface area (Å²) in [6.07, 6.45) is 0.775. The van der Waals surface area contributed by atoms with Crippen LogP contribution in [-0.4, -0.2) is 15.7 Å². The van der Waals surface area contributed by atoms with E-state index < -0.39 is 11.8 Å². The van der Waals surface area contributed by atoms with Crippen LogP contribution in [0.1, 0.15) is 28.7 Å². The van der Waals surface area contributed by atoms with Gasteiger partial charge in [0.05, 0.1) is 27.1 Å². The Hall–Kier alpha value is -1.89. The first-order valence-corrected chi connectivity index (χ1v) is 7.15. The third kappa shape index (κ3) is 3.24. The van der Waals surface area contributed by atoms with Crippen molar-refractivity contribution in [3.63, 3.8) is 0 Å². The van der Waals surface area contributed by atoms with Crippen molar-refractivity contribution in [2.75, 3.05) is 5.73 Å². The Morgan fingerprint density at radius 3 is 2.81 bits per heavy atom. The second-order valence-corrected chi connectivity index (χ2v) is 5.29. The maximum absolute atomic E-state index is 13.1. The van der Waals surface area contributed by atoms with Crippen LogP contribution in [0.2, 0.25) is 0 Å². The lowest BCUT2D eigenvalue weighted by molar-refractivity contribution is 0.0462. The van der Waals surface area contributed by atoms with E-state index in [9.17, 15) is 9.18 Å². The number of carbonyl (C=O) groups excluding carboxylic acids is 1. The summed E-state index contributed by atoms with van der Waals surface area (Å²) in [5.74, 6) is -1.12. The lowest BCUT2D eigenvalue weighted by Crippen LogP contribution is -2.09. The Morgan fingerprint density at radius 1 is 1.52 bits per heavy atom. The highest BCUT2D eigenvalue weighted by Gasteiger charge is 2.15. The Morgan fingerprint density at radius 2 is 2.24 bits per heavy atom. The largest absolute Gasteiger partial charge is 0.456 e. The van der Waals surface area contributed by atoms with Crippen LogP contribution in [-0.2, 0) is 24.8 Å². The van der Waals surface area contributed by atoms with E-state index in [0.29, 0.717) is 0 Å². The van der Waals surface area contributed by atoms with Crippen molar-refractivity contribution >= 4 is 27.6 Å². The van der Waals surface area contributed by atoms with Crippen LogP contribution in [0.25, 0.3) is 0 Å². The number of ether oxygens (including phenoxy) is 1. The van der Waals surface area contributed by atoms with Gasteiger partial charge >= 0.3 is 5.97 Å². The number of benzene rings is 1. The van der Waals surface area contributed by atoms with Crippen molar-refractivity contribution in [1.82, 2.24) is 9.78 Å². The van der Waals surface area contributed by atoms with Gasteiger partial charge in [-0.1, -0.05) is 6.92 Å². The van der Waals surface area contributed by atoms with Crippen molar-refractivity contribution in [1.29, 1.82) is 0 Å². The monoisotopic (exact) mass is 355 g/mol. The first-order chi connectivity index (χ1) is 9.93. The molecule has 2 aromatic rings. The summed E-state index contributed by atoms with van der Waals surface area (Å²) in [7, 11) is 1.78. The number of anilines is 1. The minimum atomic E-state index is -0.562. The van der Waals surface area contributed by atoms with Crippen molar-refractivity contribution < 1.29 is 13.9 Å². The highest BCUT2D eigenvalue weighted by atomic mass is 79.9. The number of esters is 1. The normalized spacial score (nSPS) is 10.7. The SMILES string of the molecule is CCc1nn(C)c(COC(=O)c2ccc(F)c(N)c2)c1Br. The molecule has 0 amide bonds. The standard InChI is InChI=1S/C14H15BrFN3O2/c1-3-11-13(15)12(19(2)18-11)7-21-14(20)8-4-5-9(16)10(17)6-8/h4-6H,3,7,17H2,1-2H3. The minimum Gasteiger partial charge on any atom is -0.456 e. The molecule has 0 spiro atoms. The quantitative estimate of drug-likeness (QED) is 0.676. The average Bonchev–Trinajstić information content (AvgIpc) is 2.73. The predicted octanol–water partition coefficient (Wildman–Crippen LogP) is 2.82. The summed E-state index contributed by atoms with van der Waals surface area (Å²) in [5.41, 5.74) is 7.22. The molecule has 7 heteroatoms. The fourth-order valence-electron chi connectivity index (χ4n) is 1.86. The van der Waals surface area contributed by atoms with Gasteiger partial charge < -0.3 is 10.5 Å². The van der Waals surface area contributed by atoms with E-state index in [1.54, 1.807) is 11.7 Å². The van der Waals surface area contributed by atoms with E-state index in [2.05, 4.69) is 21.0 Å². The number of hydrogen-bond acceptors (Lipinski definition) is 4. The molecule has 1 heterocycles. The molecule has 5 nitrogen and oxygen atoms in total. The molecule has 2 N–H and O–H groups in total. The zero-order valence-electron chi connectivity index (χ0n) is 11.7. The lowest BCUT2D eigenvalue weighted by atomic mass is 10.2. The fourth-order valence-corrected chi connectivity index (χ4v) is 2.60. The maximum Gasteiger partial charge on any atom is 0.338 e. The number of nitrogen functional groups attached to an aromatic ring is 1. The third-order valence-corrected chi connectivity index (χ3v) is 3.99. The molecule has 0 aliphatic carbocycles. The topological polar surface area (TPSA) is 70.1 Å². The molecule has 0 radical (unpaired) electrons. The third-order valence-electron chi connectivity index (χ3n) is 3.07. The lowest BCUT2D eigenvalue weighted by Gasteiger charge is -2.07. The molecule has 0 aliphatic rings. The summed E-state index contributed by atoms with van der Waals surface area (Å²) < 4.78 is 20.8. The maximum atomic E-state index is 13.1. The number of halogens is 2. The van der Waals surface area contributed by atoms with Crippen LogP contribution in [0.3, 0.4) is 0 Å². The number of nitrogens with two attached hydrogens (primary N) is 1. The van der Waals surface area contributed by atoms with E-state index >= 15 is 0 Å². The molecule has 0 unspecified atom stereocenters. The van der Waals surface area contributed by atoms with Gasteiger partial charge in [0.1, 0.15) is 12.4 Å². The van der Waals surface area contributed by atoms with E-state index in [1.807, 2.05) is 6.92 Å². The number of aryl methyl sites for hydroxylation is 2. The van der Waals surface area contributed by atoms with E-state index in [4.69, 9.17) is 10.5 Å². The Bertz CT molecular complexity index is 685.